The molecule has 3 N–H and O–H groups in total. The third kappa shape index (κ3) is 4.77. The molecule has 114 valence electrons. The lowest BCUT2D eigenvalue weighted by Crippen LogP contribution is -2.46. The molecule has 1 heterocycles. The van der Waals surface area contributed by atoms with E-state index in [1.54, 1.807) is 0 Å². The third-order valence-electron chi connectivity index (χ3n) is 3.25. The number of urea groups is 1. The highest BCUT2D eigenvalue weighted by atomic mass is 16.2. The maximum Gasteiger partial charge on any atom is 0.315 e. The molecule has 21 heavy (non-hydrogen) atoms. The van der Waals surface area contributed by atoms with Crippen molar-refractivity contribution in [2.24, 2.45) is 0 Å². The van der Waals surface area contributed by atoms with Crippen LogP contribution in [0.2, 0.25) is 0 Å². The summed E-state index contributed by atoms with van der Waals surface area (Å²) < 4.78 is 0. The van der Waals surface area contributed by atoms with Crippen molar-refractivity contribution < 1.29 is 9.59 Å². The molecule has 0 bridgehead atoms. The van der Waals surface area contributed by atoms with E-state index in [2.05, 4.69) is 22.0 Å². The summed E-state index contributed by atoms with van der Waals surface area (Å²) in [5.74, 6) is 0.0794. The van der Waals surface area contributed by atoms with Gasteiger partial charge in [0.05, 0.1) is 0 Å². The lowest BCUT2D eigenvalue weighted by molar-refractivity contribution is -0.116. The zero-order valence-corrected chi connectivity index (χ0v) is 12.9. The van der Waals surface area contributed by atoms with E-state index >= 15 is 0 Å². The molecule has 5 heteroatoms. The number of nitrogens with one attached hydrogen (secondary N) is 3. The summed E-state index contributed by atoms with van der Waals surface area (Å²) in [4.78, 5) is 23.0. The maximum absolute atomic E-state index is 11.6. The van der Waals surface area contributed by atoms with Crippen LogP contribution in [0.25, 0.3) is 0 Å². The number of aryl methyl sites for hydroxylation is 1. The molecule has 5 nitrogen and oxygen atoms in total. The van der Waals surface area contributed by atoms with Crippen molar-refractivity contribution in [3.05, 3.63) is 29.3 Å². The molecule has 0 spiro atoms. The molecule has 0 fully saturated rings. The van der Waals surface area contributed by atoms with Crippen molar-refractivity contribution in [2.45, 2.75) is 45.6 Å². The molecule has 0 unspecified atom stereocenters. The first-order chi connectivity index (χ1) is 9.83. The van der Waals surface area contributed by atoms with Crippen LogP contribution in [0.1, 0.15) is 38.3 Å². The van der Waals surface area contributed by atoms with Gasteiger partial charge in [-0.1, -0.05) is 12.1 Å². The minimum absolute atomic E-state index is 0.0794. The van der Waals surface area contributed by atoms with Gasteiger partial charge in [0.2, 0.25) is 5.91 Å². The van der Waals surface area contributed by atoms with Crippen LogP contribution in [0.5, 0.6) is 0 Å². The third-order valence-corrected chi connectivity index (χ3v) is 3.25. The number of carbonyl (C=O) groups is 2. The van der Waals surface area contributed by atoms with Crippen LogP contribution in [-0.2, 0) is 17.6 Å². The minimum atomic E-state index is -0.228. The Hall–Kier alpha value is -2.04. The fourth-order valence-electron chi connectivity index (χ4n) is 2.30. The van der Waals surface area contributed by atoms with Crippen LogP contribution in [0.3, 0.4) is 0 Å². The number of amides is 3. The van der Waals surface area contributed by atoms with Gasteiger partial charge in [-0.3, -0.25) is 4.79 Å². The van der Waals surface area contributed by atoms with E-state index in [-0.39, 0.29) is 17.5 Å². The molecule has 3 amide bonds. The number of hydrogen-bond donors (Lipinski definition) is 3. The molecule has 0 saturated carbocycles. The van der Waals surface area contributed by atoms with Crippen LogP contribution in [0, 0.1) is 0 Å². The van der Waals surface area contributed by atoms with Gasteiger partial charge >= 0.3 is 6.03 Å². The molecule has 0 aromatic heterocycles. The normalized spacial score (nSPS) is 14.1. The smallest absolute Gasteiger partial charge is 0.315 e. The van der Waals surface area contributed by atoms with Crippen LogP contribution >= 0.6 is 0 Å². The summed E-state index contributed by atoms with van der Waals surface area (Å²) in [6.45, 7) is 6.44. The highest BCUT2D eigenvalue weighted by molar-refractivity contribution is 5.93. The standard InChI is InChI=1S/C16H23N3O2/c1-16(2,3)19-15(21)17-9-8-11-4-6-13-12(10-11)5-7-14(20)18-13/h4,6,10H,5,7-9H2,1-3H3,(H,18,20)(H2,17,19,21). The van der Waals surface area contributed by atoms with Crippen LogP contribution in [-0.4, -0.2) is 24.0 Å². The number of rotatable bonds is 3. The average Bonchev–Trinajstić information content (AvgIpc) is 2.36. The van der Waals surface area contributed by atoms with Crippen molar-refractivity contribution in [1.29, 1.82) is 0 Å². The van der Waals surface area contributed by atoms with E-state index in [0.717, 1.165) is 18.5 Å². The molecule has 0 radical (unpaired) electrons. The van der Waals surface area contributed by atoms with E-state index < -0.39 is 0 Å². The van der Waals surface area contributed by atoms with E-state index in [9.17, 15) is 9.59 Å². The number of hydrogen-bond acceptors (Lipinski definition) is 2. The fourth-order valence-corrected chi connectivity index (χ4v) is 2.30. The van der Waals surface area contributed by atoms with E-state index in [1.165, 1.54) is 11.1 Å². The largest absolute Gasteiger partial charge is 0.338 e. The molecule has 1 aliphatic heterocycles. The predicted molar refractivity (Wildman–Crippen MR) is 83.4 cm³/mol. The lowest BCUT2D eigenvalue weighted by Gasteiger charge is -2.21. The first kappa shape index (κ1) is 15.4. The van der Waals surface area contributed by atoms with Gasteiger partial charge in [-0.15, -0.1) is 0 Å². The molecule has 1 aliphatic rings. The number of carbonyl (C=O) groups excluding carboxylic acids is 2. The Bertz CT molecular complexity index is 547. The second-order valence-corrected chi connectivity index (χ2v) is 6.42. The summed E-state index contributed by atoms with van der Waals surface area (Å²) in [6.07, 6.45) is 2.11. The molecule has 1 aromatic rings. The number of anilines is 1. The van der Waals surface area contributed by atoms with Crippen molar-refractivity contribution in [2.75, 3.05) is 11.9 Å². The Kier molecular flexibility index (Phi) is 4.50. The van der Waals surface area contributed by atoms with E-state index in [4.69, 9.17) is 0 Å². The molecule has 0 saturated heterocycles. The monoisotopic (exact) mass is 289 g/mol. The molecule has 1 aromatic carbocycles. The minimum Gasteiger partial charge on any atom is -0.338 e. The zero-order chi connectivity index (χ0) is 15.5. The van der Waals surface area contributed by atoms with Crippen molar-refractivity contribution in [3.63, 3.8) is 0 Å². The quantitative estimate of drug-likeness (QED) is 0.798. The topological polar surface area (TPSA) is 70.2 Å². The van der Waals surface area contributed by atoms with Crippen LogP contribution < -0.4 is 16.0 Å². The Morgan fingerprint density at radius 3 is 2.76 bits per heavy atom. The summed E-state index contributed by atoms with van der Waals surface area (Å²) >= 11 is 0. The van der Waals surface area contributed by atoms with E-state index in [1.807, 2.05) is 32.9 Å². The zero-order valence-electron chi connectivity index (χ0n) is 12.9. The number of benzene rings is 1. The van der Waals surface area contributed by atoms with Gasteiger partial charge < -0.3 is 16.0 Å². The predicted octanol–water partition coefficient (Wildman–Crippen LogP) is 2.21. The summed E-state index contributed by atoms with van der Waals surface area (Å²) in [6, 6.07) is 5.90. The average molecular weight is 289 g/mol. The van der Waals surface area contributed by atoms with Crippen LogP contribution in [0.15, 0.2) is 18.2 Å². The van der Waals surface area contributed by atoms with Gasteiger partial charge in [-0.05, 0) is 50.8 Å². The van der Waals surface area contributed by atoms with E-state index in [0.29, 0.717) is 13.0 Å². The first-order valence-corrected chi connectivity index (χ1v) is 7.31. The number of fused-ring (bicyclic) bond motifs is 1. The van der Waals surface area contributed by atoms with Gasteiger partial charge in [0.25, 0.3) is 0 Å². The second kappa shape index (κ2) is 6.16. The summed E-state index contributed by atoms with van der Waals surface area (Å²) in [5, 5.41) is 8.59. The molecule has 0 aliphatic carbocycles. The Labute approximate surface area is 125 Å². The van der Waals surface area contributed by atoms with Gasteiger partial charge in [-0.25, -0.2) is 4.79 Å². The Balaban J connectivity index is 1.84. The fraction of sp³-hybridized carbons (Fsp3) is 0.500. The van der Waals surface area contributed by atoms with Gasteiger partial charge in [0.1, 0.15) is 0 Å². The van der Waals surface area contributed by atoms with Gasteiger partial charge in [0, 0.05) is 24.2 Å². The van der Waals surface area contributed by atoms with Gasteiger partial charge in [-0.2, -0.15) is 0 Å². The molecule has 0 atom stereocenters. The summed E-state index contributed by atoms with van der Waals surface area (Å²) in [5.41, 5.74) is 3.02. The maximum atomic E-state index is 11.6. The highest BCUT2D eigenvalue weighted by Gasteiger charge is 2.15. The van der Waals surface area contributed by atoms with Crippen molar-refractivity contribution >= 4 is 17.6 Å². The Morgan fingerprint density at radius 1 is 1.29 bits per heavy atom. The second-order valence-electron chi connectivity index (χ2n) is 6.42. The molecular weight excluding hydrogens is 266 g/mol. The highest BCUT2D eigenvalue weighted by Crippen LogP contribution is 2.23. The first-order valence-electron chi connectivity index (χ1n) is 7.31. The van der Waals surface area contributed by atoms with Gasteiger partial charge in [0.15, 0.2) is 0 Å². The Morgan fingerprint density at radius 2 is 2.05 bits per heavy atom. The lowest BCUT2D eigenvalue weighted by atomic mass is 9.99. The van der Waals surface area contributed by atoms with Crippen LogP contribution in [0.4, 0.5) is 10.5 Å². The van der Waals surface area contributed by atoms with Crippen molar-refractivity contribution in [3.8, 4) is 0 Å². The summed E-state index contributed by atoms with van der Waals surface area (Å²) in [7, 11) is 0. The molecule has 2 rings (SSSR count). The SMILES string of the molecule is CC(C)(C)NC(=O)NCCc1ccc2c(c1)CCC(=O)N2. The molecular formula is C16H23N3O2. The van der Waals surface area contributed by atoms with Crippen molar-refractivity contribution in [1.82, 2.24) is 10.6 Å².